The Balaban J connectivity index is 2.30. The summed E-state index contributed by atoms with van der Waals surface area (Å²) in [6.07, 6.45) is 5.03. The highest BCUT2D eigenvalue weighted by atomic mass is 16.2. The first-order chi connectivity index (χ1) is 8.04. The summed E-state index contributed by atoms with van der Waals surface area (Å²) in [5, 5.41) is 3.59. The molecule has 1 atom stereocenters. The van der Waals surface area contributed by atoms with Crippen molar-refractivity contribution in [3.63, 3.8) is 0 Å². The summed E-state index contributed by atoms with van der Waals surface area (Å²) in [4.78, 5) is 15.3. The maximum absolute atomic E-state index is 11.7. The van der Waals surface area contributed by atoms with Gasteiger partial charge in [0.1, 0.15) is 0 Å². The molecule has 1 fully saturated rings. The molecule has 1 aliphatic heterocycles. The SMILES string of the molecule is C=CCC(C)NC1CCN(C(=O)N(C)C)CC1. The molecule has 17 heavy (non-hydrogen) atoms. The quantitative estimate of drug-likeness (QED) is 0.758. The standard InChI is InChI=1S/C13H25N3O/c1-5-6-11(2)14-12-7-9-16(10-8-12)13(17)15(3)4/h5,11-12,14H,1,6-10H2,2-4H3. The van der Waals surface area contributed by atoms with Crippen LogP contribution in [0.15, 0.2) is 12.7 Å². The molecule has 0 aromatic heterocycles. The smallest absolute Gasteiger partial charge is 0.319 e. The van der Waals surface area contributed by atoms with Crippen LogP contribution in [0, 0.1) is 0 Å². The Bertz CT molecular complexity index is 257. The molecule has 4 heteroatoms. The van der Waals surface area contributed by atoms with Crippen molar-refractivity contribution in [1.82, 2.24) is 15.1 Å². The van der Waals surface area contributed by atoms with Gasteiger partial charge in [-0.2, -0.15) is 0 Å². The highest BCUT2D eigenvalue weighted by molar-refractivity contribution is 5.73. The number of carbonyl (C=O) groups is 1. The number of urea groups is 1. The topological polar surface area (TPSA) is 35.6 Å². The molecule has 98 valence electrons. The Morgan fingerprint density at radius 3 is 2.59 bits per heavy atom. The maximum atomic E-state index is 11.7. The number of piperidine rings is 1. The van der Waals surface area contributed by atoms with Gasteiger partial charge in [0.2, 0.25) is 0 Å². The van der Waals surface area contributed by atoms with Crippen LogP contribution in [0.2, 0.25) is 0 Å². The minimum Gasteiger partial charge on any atom is -0.331 e. The van der Waals surface area contributed by atoms with Crippen molar-refractivity contribution < 1.29 is 4.79 Å². The minimum atomic E-state index is 0.127. The van der Waals surface area contributed by atoms with Crippen molar-refractivity contribution in [1.29, 1.82) is 0 Å². The van der Waals surface area contributed by atoms with Gasteiger partial charge >= 0.3 is 6.03 Å². The molecule has 0 radical (unpaired) electrons. The van der Waals surface area contributed by atoms with Gasteiger partial charge in [-0.15, -0.1) is 6.58 Å². The van der Waals surface area contributed by atoms with Crippen LogP contribution in [0.3, 0.4) is 0 Å². The average molecular weight is 239 g/mol. The second-order valence-electron chi connectivity index (χ2n) is 5.03. The van der Waals surface area contributed by atoms with Crippen LogP contribution in [-0.2, 0) is 0 Å². The van der Waals surface area contributed by atoms with Crippen LogP contribution in [0.5, 0.6) is 0 Å². The summed E-state index contributed by atoms with van der Waals surface area (Å²) in [5.74, 6) is 0. The number of hydrogen-bond donors (Lipinski definition) is 1. The molecular weight excluding hydrogens is 214 g/mol. The summed E-state index contributed by atoms with van der Waals surface area (Å²) in [5.41, 5.74) is 0. The highest BCUT2D eigenvalue weighted by Crippen LogP contribution is 2.12. The first-order valence-corrected chi connectivity index (χ1v) is 6.37. The predicted molar refractivity (Wildman–Crippen MR) is 71.1 cm³/mol. The normalized spacial score (nSPS) is 18.9. The lowest BCUT2D eigenvalue weighted by Gasteiger charge is -2.35. The number of hydrogen-bond acceptors (Lipinski definition) is 2. The molecule has 0 spiro atoms. The summed E-state index contributed by atoms with van der Waals surface area (Å²) < 4.78 is 0. The Kier molecular flexibility index (Phi) is 5.48. The van der Waals surface area contributed by atoms with Crippen LogP contribution in [0.4, 0.5) is 4.79 Å². The highest BCUT2D eigenvalue weighted by Gasteiger charge is 2.23. The van der Waals surface area contributed by atoms with Crippen LogP contribution in [-0.4, -0.2) is 55.1 Å². The lowest BCUT2D eigenvalue weighted by molar-refractivity contribution is 0.151. The summed E-state index contributed by atoms with van der Waals surface area (Å²) in [6, 6.07) is 1.15. The molecule has 1 aliphatic rings. The summed E-state index contributed by atoms with van der Waals surface area (Å²) in [7, 11) is 3.61. The van der Waals surface area contributed by atoms with E-state index in [0.717, 1.165) is 32.4 Å². The number of amides is 2. The van der Waals surface area contributed by atoms with Crippen molar-refractivity contribution in [3.8, 4) is 0 Å². The molecule has 0 aliphatic carbocycles. The van der Waals surface area contributed by atoms with Crippen LogP contribution < -0.4 is 5.32 Å². The van der Waals surface area contributed by atoms with Crippen LogP contribution >= 0.6 is 0 Å². The van der Waals surface area contributed by atoms with E-state index in [0.29, 0.717) is 12.1 Å². The number of likely N-dealkylation sites (tertiary alicyclic amines) is 1. The molecule has 0 bridgehead atoms. The third kappa shape index (κ3) is 4.38. The predicted octanol–water partition coefficient (Wildman–Crippen LogP) is 1.69. The average Bonchev–Trinajstić information content (AvgIpc) is 2.29. The number of nitrogens with one attached hydrogen (secondary N) is 1. The fourth-order valence-electron chi connectivity index (χ4n) is 2.24. The first kappa shape index (κ1) is 14.0. The van der Waals surface area contributed by atoms with E-state index in [2.05, 4.69) is 18.8 Å². The minimum absolute atomic E-state index is 0.127. The van der Waals surface area contributed by atoms with Gasteiger partial charge in [0, 0.05) is 39.3 Å². The molecule has 1 unspecified atom stereocenters. The van der Waals surface area contributed by atoms with E-state index in [9.17, 15) is 4.79 Å². The van der Waals surface area contributed by atoms with E-state index in [-0.39, 0.29) is 6.03 Å². The van der Waals surface area contributed by atoms with Gasteiger partial charge in [-0.05, 0) is 26.2 Å². The van der Waals surface area contributed by atoms with E-state index in [1.807, 2.05) is 11.0 Å². The molecule has 2 amide bonds. The van der Waals surface area contributed by atoms with E-state index in [4.69, 9.17) is 0 Å². The number of nitrogens with zero attached hydrogens (tertiary/aromatic N) is 2. The van der Waals surface area contributed by atoms with Gasteiger partial charge < -0.3 is 15.1 Å². The number of carbonyl (C=O) groups excluding carboxylic acids is 1. The molecule has 1 heterocycles. The van der Waals surface area contributed by atoms with Gasteiger partial charge in [-0.25, -0.2) is 4.79 Å². The van der Waals surface area contributed by atoms with E-state index in [1.165, 1.54) is 0 Å². The fourth-order valence-corrected chi connectivity index (χ4v) is 2.24. The van der Waals surface area contributed by atoms with Crippen LogP contribution in [0.1, 0.15) is 26.2 Å². The molecule has 0 aromatic rings. The Morgan fingerprint density at radius 1 is 1.53 bits per heavy atom. The zero-order chi connectivity index (χ0) is 12.8. The van der Waals surface area contributed by atoms with E-state index >= 15 is 0 Å². The van der Waals surface area contributed by atoms with Gasteiger partial charge in [0.25, 0.3) is 0 Å². The Morgan fingerprint density at radius 2 is 2.12 bits per heavy atom. The lowest BCUT2D eigenvalue weighted by atomic mass is 10.0. The van der Waals surface area contributed by atoms with Crippen molar-refractivity contribution in [2.75, 3.05) is 27.2 Å². The van der Waals surface area contributed by atoms with Crippen molar-refractivity contribution >= 4 is 6.03 Å². The second-order valence-corrected chi connectivity index (χ2v) is 5.03. The van der Waals surface area contributed by atoms with Crippen molar-refractivity contribution in [2.45, 2.75) is 38.3 Å². The first-order valence-electron chi connectivity index (χ1n) is 6.37. The van der Waals surface area contributed by atoms with E-state index in [1.54, 1.807) is 19.0 Å². The van der Waals surface area contributed by atoms with Gasteiger partial charge in [-0.3, -0.25) is 0 Å². The largest absolute Gasteiger partial charge is 0.331 e. The number of rotatable bonds is 4. The molecule has 1 saturated heterocycles. The molecule has 0 saturated carbocycles. The third-order valence-corrected chi connectivity index (χ3v) is 3.19. The molecular formula is C13H25N3O. The zero-order valence-electron chi connectivity index (χ0n) is 11.3. The summed E-state index contributed by atoms with van der Waals surface area (Å²) in [6.45, 7) is 7.64. The lowest BCUT2D eigenvalue weighted by Crippen LogP contribution is -2.49. The Hall–Kier alpha value is -1.03. The second kappa shape index (κ2) is 6.64. The monoisotopic (exact) mass is 239 g/mol. The van der Waals surface area contributed by atoms with Crippen molar-refractivity contribution in [2.24, 2.45) is 0 Å². The fraction of sp³-hybridized carbons (Fsp3) is 0.769. The van der Waals surface area contributed by atoms with Gasteiger partial charge in [0.05, 0.1) is 0 Å². The third-order valence-electron chi connectivity index (χ3n) is 3.19. The zero-order valence-corrected chi connectivity index (χ0v) is 11.3. The van der Waals surface area contributed by atoms with Gasteiger partial charge in [0.15, 0.2) is 0 Å². The molecule has 1 N–H and O–H groups in total. The van der Waals surface area contributed by atoms with Crippen LogP contribution in [0.25, 0.3) is 0 Å². The van der Waals surface area contributed by atoms with Crippen molar-refractivity contribution in [3.05, 3.63) is 12.7 Å². The van der Waals surface area contributed by atoms with Gasteiger partial charge in [-0.1, -0.05) is 6.08 Å². The Labute approximate surface area is 105 Å². The molecule has 0 aromatic carbocycles. The maximum Gasteiger partial charge on any atom is 0.319 e. The summed E-state index contributed by atoms with van der Waals surface area (Å²) >= 11 is 0. The molecule has 4 nitrogen and oxygen atoms in total. The molecule has 1 rings (SSSR count). The van der Waals surface area contributed by atoms with E-state index < -0.39 is 0 Å².